The number of amides is 2. The number of nitrogens with one attached hydrogen (secondary N) is 1. The van der Waals surface area contributed by atoms with E-state index in [0.29, 0.717) is 25.1 Å². The summed E-state index contributed by atoms with van der Waals surface area (Å²) in [5.41, 5.74) is 7.45. The third kappa shape index (κ3) is 3.18. The van der Waals surface area contributed by atoms with Gasteiger partial charge in [0.15, 0.2) is 0 Å². The molecule has 0 atom stereocenters. The largest absolute Gasteiger partial charge is 0.365 e. The van der Waals surface area contributed by atoms with E-state index in [1.807, 2.05) is 19.1 Å². The predicted octanol–water partition coefficient (Wildman–Crippen LogP) is 2.13. The van der Waals surface area contributed by atoms with Crippen LogP contribution in [0.4, 0.5) is 22.9 Å². The van der Waals surface area contributed by atoms with Crippen LogP contribution in [0.2, 0.25) is 0 Å². The molecule has 0 bridgehead atoms. The average Bonchev–Trinajstić information content (AvgIpc) is 2.61. The van der Waals surface area contributed by atoms with Crippen molar-refractivity contribution in [3.05, 3.63) is 51.7 Å². The quantitative estimate of drug-likeness (QED) is 0.624. The molecule has 0 aliphatic carbocycles. The Morgan fingerprint density at radius 2 is 2.15 bits per heavy atom. The van der Waals surface area contributed by atoms with Crippen molar-refractivity contribution in [3.63, 3.8) is 0 Å². The van der Waals surface area contributed by atoms with Crippen molar-refractivity contribution in [1.82, 2.24) is 4.98 Å². The molecule has 0 fully saturated rings. The van der Waals surface area contributed by atoms with E-state index in [-0.39, 0.29) is 23.0 Å². The highest BCUT2D eigenvalue weighted by Gasteiger charge is 2.23. The summed E-state index contributed by atoms with van der Waals surface area (Å²) in [5, 5.41) is 13.8. The lowest BCUT2D eigenvalue weighted by Crippen LogP contribution is -2.34. The number of nitrogens with zero attached hydrogens (tertiary/aromatic N) is 3. The maximum atomic E-state index is 12.0. The lowest BCUT2D eigenvalue weighted by molar-refractivity contribution is -0.385. The topological polar surface area (TPSA) is 131 Å². The Morgan fingerprint density at radius 3 is 2.81 bits per heavy atom. The number of pyridine rings is 1. The SMILES string of the molecule is CCN1C(=O)CCc2cc(Nc3ncc([N+](=O)[O-])cc3C(N)=O)ccc21. The lowest BCUT2D eigenvalue weighted by atomic mass is 10.0. The summed E-state index contributed by atoms with van der Waals surface area (Å²) in [6.45, 7) is 2.51. The number of nitrogens with two attached hydrogens (primary N) is 1. The van der Waals surface area contributed by atoms with Crippen molar-refractivity contribution >= 4 is 34.7 Å². The highest BCUT2D eigenvalue weighted by atomic mass is 16.6. The molecule has 9 nitrogen and oxygen atoms in total. The van der Waals surface area contributed by atoms with Gasteiger partial charge in [-0.05, 0) is 37.1 Å². The predicted molar refractivity (Wildman–Crippen MR) is 95.5 cm³/mol. The number of carbonyl (C=O) groups excluding carboxylic acids is 2. The summed E-state index contributed by atoms with van der Waals surface area (Å²) in [6, 6.07) is 6.55. The van der Waals surface area contributed by atoms with Crippen LogP contribution in [0.25, 0.3) is 0 Å². The van der Waals surface area contributed by atoms with Crippen molar-refractivity contribution in [2.75, 3.05) is 16.8 Å². The zero-order valence-corrected chi connectivity index (χ0v) is 14.1. The molecule has 3 N–H and O–H groups in total. The number of anilines is 3. The van der Waals surface area contributed by atoms with Crippen molar-refractivity contribution < 1.29 is 14.5 Å². The van der Waals surface area contributed by atoms with Gasteiger partial charge in [0.25, 0.3) is 11.6 Å². The molecule has 1 aliphatic heterocycles. The van der Waals surface area contributed by atoms with Crippen LogP contribution in [0.15, 0.2) is 30.5 Å². The van der Waals surface area contributed by atoms with Gasteiger partial charge in [-0.3, -0.25) is 19.7 Å². The van der Waals surface area contributed by atoms with Gasteiger partial charge in [0, 0.05) is 30.4 Å². The monoisotopic (exact) mass is 355 g/mol. The zero-order valence-electron chi connectivity index (χ0n) is 14.1. The number of aryl methyl sites for hydroxylation is 1. The second-order valence-electron chi connectivity index (χ2n) is 5.82. The van der Waals surface area contributed by atoms with Gasteiger partial charge >= 0.3 is 0 Å². The fourth-order valence-corrected chi connectivity index (χ4v) is 2.96. The number of hydrogen-bond donors (Lipinski definition) is 2. The van der Waals surface area contributed by atoms with Gasteiger partial charge in [-0.2, -0.15) is 0 Å². The molecule has 2 amide bonds. The number of fused-ring (bicyclic) bond motifs is 1. The lowest BCUT2D eigenvalue weighted by Gasteiger charge is -2.28. The molecule has 2 heterocycles. The molecule has 1 aromatic carbocycles. The highest BCUT2D eigenvalue weighted by molar-refractivity contribution is 5.99. The summed E-state index contributed by atoms with van der Waals surface area (Å²) in [5.74, 6) is -0.583. The van der Waals surface area contributed by atoms with Crippen LogP contribution >= 0.6 is 0 Å². The number of rotatable bonds is 5. The van der Waals surface area contributed by atoms with Gasteiger partial charge in [0.2, 0.25) is 5.91 Å². The van der Waals surface area contributed by atoms with Crippen LogP contribution in [0.3, 0.4) is 0 Å². The van der Waals surface area contributed by atoms with E-state index in [1.54, 1.807) is 11.0 Å². The summed E-state index contributed by atoms with van der Waals surface area (Å²) in [4.78, 5) is 39.5. The van der Waals surface area contributed by atoms with Crippen LogP contribution in [-0.4, -0.2) is 28.3 Å². The van der Waals surface area contributed by atoms with Gasteiger partial charge < -0.3 is 16.0 Å². The van der Waals surface area contributed by atoms with Gasteiger partial charge in [-0.15, -0.1) is 0 Å². The number of aromatic nitrogens is 1. The van der Waals surface area contributed by atoms with E-state index in [9.17, 15) is 19.7 Å². The molecule has 0 unspecified atom stereocenters. The van der Waals surface area contributed by atoms with E-state index >= 15 is 0 Å². The Kier molecular flexibility index (Phi) is 4.53. The minimum Gasteiger partial charge on any atom is -0.365 e. The van der Waals surface area contributed by atoms with Gasteiger partial charge in [0.1, 0.15) is 12.0 Å². The van der Waals surface area contributed by atoms with Crippen LogP contribution in [-0.2, 0) is 11.2 Å². The molecule has 26 heavy (non-hydrogen) atoms. The van der Waals surface area contributed by atoms with E-state index in [0.717, 1.165) is 23.5 Å². The smallest absolute Gasteiger partial charge is 0.288 e. The number of benzene rings is 1. The van der Waals surface area contributed by atoms with Crippen LogP contribution in [0, 0.1) is 10.1 Å². The fourth-order valence-electron chi connectivity index (χ4n) is 2.96. The Bertz CT molecular complexity index is 912. The number of hydrogen-bond acceptors (Lipinski definition) is 6. The summed E-state index contributed by atoms with van der Waals surface area (Å²) < 4.78 is 0. The molecular weight excluding hydrogens is 338 g/mol. The first kappa shape index (κ1) is 17.3. The van der Waals surface area contributed by atoms with E-state index < -0.39 is 10.8 Å². The Labute approximate surface area is 149 Å². The molecular formula is C17H17N5O4. The number of carbonyl (C=O) groups is 2. The van der Waals surface area contributed by atoms with Crippen LogP contribution < -0.4 is 16.0 Å². The first-order chi connectivity index (χ1) is 12.4. The minimum atomic E-state index is -0.815. The molecule has 134 valence electrons. The first-order valence-electron chi connectivity index (χ1n) is 8.05. The van der Waals surface area contributed by atoms with Crippen molar-refractivity contribution in [2.45, 2.75) is 19.8 Å². The normalized spacial score (nSPS) is 13.3. The Morgan fingerprint density at radius 1 is 1.38 bits per heavy atom. The van der Waals surface area contributed by atoms with Gasteiger partial charge in [-0.25, -0.2) is 4.98 Å². The minimum absolute atomic E-state index is 0.0673. The van der Waals surface area contributed by atoms with Gasteiger partial charge in [-0.1, -0.05) is 0 Å². The molecule has 0 saturated heterocycles. The fraction of sp³-hybridized carbons (Fsp3) is 0.235. The molecule has 3 rings (SSSR count). The Balaban J connectivity index is 1.94. The van der Waals surface area contributed by atoms with E-state index in [2.05, 4.69) is 10.3 Å². The molecule has 0 radical (unpaired) electrons. The van der Waals surface area contributed by atoms with Crippen LogP contribution in [0.5, 0.6) is 0 Å². The number of primary amides is 1. The number of nitro groups is 1. The molecule has 9 heteroatoms. The summed E-state index contributed by atoms with van der Waals surface area (Å²) >= 11 is 0. The van der Waals surface area contributed by atoms with Crippen molar-refractivity contribution in [1.29, 1.82) is 0 Å². The highest BCUT2D eigenvalue weighted by Crippen LogP contribution is 2.31. The first-order valence-corrected chi connectivity index (χ1v) is 8.05. The second-order valence-corrected chi connectivity index (χ2v) is 5.82. The Hall–Kier alpha value is -3.49. The van der Waals surface area contributed by atoms with Gasteiger partial charge in [0.05, 0.1) is 10.5 Å². The maximum absolute atomic E-state index is 12.0. The van der Waals surface area contributed by atoms with Crippen molar-refractivity contribution in [2.24, 2.45) is 5.73 Å². The molecule has 2 aromatic rings. The molecule has 0 spiro atoms. The third-order valence-corrected chi connectivity index (χ3v) is 4.21. The summed E-state index contributed by atoms with van der Waals surface area (Å²) in [6.07, 6.45) is 2.12. The molecule has 0 saturated carbocycles. The second kappa shape index (κ2) is 6.79. The van der Waals surface area contributed by atoms with Crippen LogP contribution in [0.1, 0.15) is 29.3 Å². The zero-order chi connectivity index (χ0) is 18.8. The van der Waals surface area contributed by atoms with E-state index in [4.69, 9.17) is 5.73 Å². The maximum Gasteiger partial charge on any atom is 0.288 e. The summed E-state index contributed by atoms with van der Waals surface area (Å²) in [7, 11) is 0. The standard InChI is InChI=1S/C17H17N5O4/c1-2-21-14-5-4-11(7-10(14)3-6-15(21)23)20-17-13(16(18)24)8-12(9-19-17)22(25)26/h4-5,7-9H,2-3,6H2,1H3,(H2,18,24)(H,19,20). The third-order valence-electron chi connectivity index (χ3n) is 4.21. The van der Waals surface area contributed by atoms with E-state index in [1.165, 1.54) is 0 Å². The molecule has 1 aromatic heterocycles. The van der Waals surface area contributed by atoms with Crippen molar-refractivity contribution in [3.8, 4) is 0 Å². The molecule has 1 aliphatic rings. The average molecular weight is 355 g/mol.